The van der Waals surface area contributed by atoms with Gasteiger partial charge >= 0.3 is 0 Å². The van der Waals surface area contributed by atoms with E-state index in [0.29, 0.717) is 6.54 Å². The molecule has 0 saturated heterocycles. The van der Waals surface area contributed by atoms with Crippen LogP contribution in [0.2, 0.25) is 5.02 Å². The zero-order valence-corrected chi connectivity index (χ0v) is 15.8. The van der Waals surface area contributed by atoms with Crippen LogP contribution in [-0.2, 0) is 16.0 Å². The highest BCUT2D eigenvalue weighted by Crippen LogP contribution is 2.29. The molecule has 0 atom stereocenters. The molecule has 5 heteroatoms. The lowest BCUT2D eigenvalue weighted by Crippen LogP contribution is -2.38. The minimum atomic E-state index is 0.0462. The smallest absolute Gasteiger partial charge is 0.223 e. The van der Waals surface area contributed by atoms with E-state index in [-0.39, 0.29) is 23.7 Å². The Bertz CT molecular complexity index is 551. The summed E-state index contributed by atoms with van der Waals surface area (Å²) in [5.74, 6) is 0.411. The Kier molecular flexibility index (Phi) is 8.26. The first-order valence-electron chi connectivity index (χ1n) is 9.40. The van der Waals surface area contributed by atoms with Crippen molar-refractivity contribution < 1.29 is 9.59 Å². The van der Waals surface area contributed by atoms with Crippen LogP contribution in [0.5, 0.6) is 0 Å². The van der Waals surface area contributed by atoms with Gasteiger partial charge in [-0.2, -0.15) is 0 Å². The van der Waals surface area contributed by atoms with Gasteiger partial charge in [0.15, 0.2) is 0 Å². The highest BCUT2D eigenvalue weighted by molar-refractivity contribution is 6.30. The van der Waals surface area contributed by atoms with Gasteiger partial charge in [0.25, 0.3) is 0 Å². The number of rotatable bonds is 8. The van der Waals surface area contributed by atoms with Crippen molar-refractivity contribution in [3.05, 3.63) is 34.9 Å². The molecule has 4 nitrogen and oxygen atoms in total. The van der Waals surface area contributed by atoms with Crippen LogP contribution in [-0.4, -0.2) is 24.9 Å². The van der Waals surface area contributed by atoms with E-state index in [1.807, 2.05) is 24.3 Å². The summed E-state index contributed by atoms with van der Waals surface area (Å²) in [7, 11) is 0. The predicted molar refractivity (Wildman–Crippen MR) is 102 cm³/mol. The zero-order valence-electron chi connectivity index (χ0n) is 15.0. The summed E-state index contributed by atoms with van der Waals surface area (Å²) in [5.41, 5.74) is 1.16. The normalized spacial score (nSPS) is 20.1. The van der Waals surface area contributed by atoms with Gasteiger partial charge in [-0.25, -0.2) is 0 Å². The van der Waals surface area contributed by atoms with Crippen LogP contribution in [0.15, 0.2) is 24.3 Å². The molecule has 2 rings (SSSR count). The molecule has 1 saturated carbocycles. The largest absolute Gasteiger partial charge is 0.356 e. The molecule has 0 aliphatic heterocycles. The Balaban J connectivity index is 1.65. The number of carbonyl (C=O) groups excluding carboxylic acids is 2. The molecule has 0 heterocycles. The van der Waals surface area contributed by atoms with Crippen molar-refractivity contribution in [3.63, 3.8) is 0 Å². The quantitative estimate of drug-likeness (QED) is 0.690. The molecule has 0 bridgehead atoms. The average Bonchev–Trinajstić information content (AvgIpc) is 2.63. The topological polar surface area (TPSA) is 58.2 Å². The summed E-state index contributed by atoms with van der Waals surface area (Å²) in [6.45, 7) is 3.52. The van der Waals surface area contributed by atoms with Gasteiger partial charge in [-0.05, 0) is 56.2 Å². The number of amides is 2. The molecule has 1 aliphatic rings. The van der Waals surface area contributed by atoms with E-state index in [0.717, 1.165) is 62.1 Å². The fourth-order valence-electron chi connectivity index (χ4n) is 3.28. The fraction of sp³-hybridized carbons (Fsp3) is 0.600. The molecular formula is C20H29ClN2O2. The van der Waals surface area contributed by atoms with Crippen LogP contribution in [0.4, 0.5) is 0 Å². The van der Waals surface area contributed by atoms with Crippen LogP contribution in [0.1, 0.15) is 51.0 Å². The van der Waals surface area contributed by atoms with Gasteiger partial charge in [-0.3, -0.25) is 9.59 Å². The van der Waals surface area contributed by atoms with Crippen molar-refractivity contribution in [3.8, 4) is 0 Å². The molecular weight excluding hydrogens is 336 g/mol. The molecule has 0 radical (unpaired) electrons. The third-order valence-corrected chi connectivity index (χ3v) is 5.18. The Labute approximate surface area is 155 Å². The first kappa shape index (κ1) is 19.8. The molecule has 1 fully saturated rings. The van der Waals surface area contributed by atoms with E-state index in [4.69, 9.17) is 11.6 Å². The highest BCUT2D eigenvalue weighted by atomic mass is 35.5. The maximum absolute atomic E-state index is 12.3. The number of unbranched alkanes of at least 4 members (excludes halogenated alkanes) is 1. The maximum atomic E-state index is 12.3. The van der Waals surface area contributed by atoms with Crippen molar-refractivity contribution in [2.45, 2.75) is 51.9 Å². The van der Waals surface area contributed by atoms with E-state index in [1.54, 1.807) is 0 Å². The Hall–Kier alpha value is -1.55. The van der Waals surface area contributed by atoms with Gasteiger partial charge in [-0.1, -0.05) is 37.1 Å². The summed E-state index contributed by atoms with van der Waals surface area (Å²) >= 11 is 5.87. The second-order valence-electron chi connectivity index (χ2n) is 6.86. The lowest BCUT2D eigenvalue weighted by atomic mass is 9.81. The number of hydrogen-bond acceptors (Lipinski definition) is 2. The summed E-state index contributed by atoms with van der Waals surface area (Å²) in [4.78, 5) is 24.4. The first-order chi connectivity index (χ1) is 12.1. The van der Waals surface area contributed by atoms with Crippen LogP contribution in [0.25, 0.3) is 0 Å². The fourth-order valence-corrected chi connectivity index (χ4v) is 3.40. The molecule has 0 spiro atoms. The van der Waals surface area contributed by atoms with Gasteiger partial charge < -0.3 is 10.6 Å². The van der Waals surface area contributed by atoms with E-state index >= 15 is 0 Å². The summed E-state index contributed by atoms with van der Waals surface area (Å²) in [6.07, 6.45) is 6.15. The minimum Gasteiger partial charge on any atom is -0.356 e. The molecule has 2 amide bonds. The number of benzene rings is 1. The lowest BCUT2D eigenvalue weighted by molar-refractivity contribution is -0.130. The van der Waals surface area contributed by atoms with E-state index in [9.17, 15) is 9.59 Å². The third-order valence-electron chi connectivity index (χ3n) is 4.92. The Morgan fingerprint density at radius 1 is 0.960 bits per heavy atom. The van der Waals surface area contributed by atoms with Gasteiger partial charge in [0.05, 0.1) is 0 Å². The van der Waals surface area contributed by atoms with Crippen molar-refractivity contribution in [1.29, 1.82) is 0 Å². The van der Waals surface area contributed by atoms with Gasteiger partial charge in [0.1, 0.15) is 0 Å². The monoisotopic (exact) mass is 364 g/mol. The summed E-state index contributed by atoms with van der Waals surface area (Å²) in [6, 6.07) is 7.70. The lowest BCUT2D eigenvalue weighted by Gasteiger charge is -2.27. The molecule has 138 valence electrons. The average molecular weight is 365 g/mol. The predicted octanol–water partition coefficient (Wildman–Crippen LogP) is 3.72. The van der Waals surface area contributed by atoms with Crippen LogP contribution in [0.3, 0.4) is 0 Å². The molecule has 1 aromatic rings. The second-order valence-corrected chi connectivity index (χ2v) is 7.30. The van der Waals surface area contributed by atoms with Crippen LogP contribution >= 0.6 is 11.6 Å². The van der Waals surface area contributed by atoms with Gasteiger partial charge in [0.2, 0.25) is 11.8 Å². The number of hydrogen-bond donors (Lipinski definition) is 2. The van der Waals surface area contributed by atoms with E-state index in [1.165, 1.54) is 0 Å². The molecule has 2 N–H and O–H groups in total. The molecule has 1 aliphatic carbocycles. The van der Waals surface area contributed by atoms with E-state index < -0.39 is 0 Å². The second kappa shape index (κ2) is 10.4. The van der Waals surface area contributed by atoms with Gasteiger partial charge in [0, 0.05) is 29.9 Å². The van der Waals surface area contributed by atoms with E-state index in [2.05, 4.69) is 17.6 Å². The molecule has 25 heavy (non-hydrogen) atoms. The van der Waals surface area contributed by atoms with Crippen molar-refractivity contribution >= 4 is 23.4 Å². The summed E-state index contributed by atoms with van der Waals surface area (Å²) < 4.78 is 0. The van der Waals surface area contributed by atoms with Gasteiger partial charge in [-0.15, -0.1) is 0 Å². The minimum absolute atomic E-state index is 0.0462. The Morgan fingerprint density at radius 2 is 1.48 bits per heavy atom. The van der Waals surface area contributed by atoms with Crippen molar-refractivity contribution in [2.75, 3.05) is 13.1 Å². The first-order valence-corrected chi connectivity index (χ1v) is 9.77. The van der Waals surface area contributed by atoms with Crippen molar-refractivity contribution in [2.24, 2.45) is 11.8 Å². The number of carbonyl (C=O) groups is 2. The molecule has 0 unspecified atom stereocenters. The van der Waals surface area contributed by atoms with Crippen molar-refractivity contribution in [1.82, 2.24) is 10.6 Å². The maximum Gasteiger partial charge on any atom is 0.223 e. The molecule has 1 aromatic carbocycles. The molecule has 0 aromatic heterocycles. The standard InChI is InChI=1S/C20H29ClN2O2/c1-2-3-13-22-19(24)16-6-8-17(9-7-16)20(25)23-14-12-15-4-10-18(21)11-5-15/h4-5,10-11,16-17H,2-3,6-9,12-14H2,1H3,(H,22,24)(H,23,25). The number of halogens is 1. The van der Waals surface area contributed by atoms with Crippen LogP contribution in [0, 0.1) is 11.8 Å². The SMILES string of the molecule is CCCCNC(=O)C1CCC(C(=O)NCCc2ccc(Cl)cc2)CC1. The highest BCUT2D eigenvalue weighted by Gasteiger charge is 2.29. The Morgan fingerprint density at radius 3 is 2.00 bits per heavy atom. The third kappa shape index (κ3) is 6.69. The van der Waals surface area contributed by atoms with Crippen LogP contribution < -0.4 is 10.6 Å². The zero-order chi connectivity index (χ0) is 18.1. The summed E-state index contributed by atoms with van der Waals surface area (Å²) in [5, 5.41) is 6.76. The number of nitrogens with one attached hydrogen (secondary N) is 2.